The van der Waals surface area contributed by atoms with Crippen molar-refractivity contribution < 1.29 is 4.79 Å². The van der Waals surface area contributed by atoms with Gasteiger partial charge in [-0.25, -0.2) is 5.43 Å². The van der Waals surface area contributed by atoms with Gasteiger partial charge in [0.05, 0.1) is 6.21 Å². The maximum absolute atomic E-state index is 12.2. The molecule has 1 N–H and O–H groups in total. The Morgan fingerprint density at radius 2 is 1.75 bits per heavy atom. The fourth-order valence-electron chi connectivity index (χ4n) is 3.31. The molecule has 0 bridgehead atoms. The van der Waals surface area contributed by atoms with E-state index in [2.05, 4.69) is 51.3 Å². The van der Waals surface area contributed by atoms with E-state index in [0.29, 0.717) is 5.56 Å². The summed E-state index contributed by atoms with van der Waals surface area (Å²) in [5, 5.41) is 5.30. The van der Waals surface area contributed by atoms with Crippen molar-refractivity contribution in [3.63, 3.8) is 0 Å². The lowest BCUT2D eigenvalue weighted by Crippen LogP contribution is -2.17. The van der Waals surface area contributed by atoms with Crippen LogP contribution in [0, 0.1) is 6.92 Å². The Bertz CT molecular complexity index is 1130. The molecule has 0 saturated heterocycles. The number of benzene rings is 2. The van der Waals surface area contributed by atoms with Crippen LogP contribution in [-0.2, 0) is 6.54 Å². The zero-order valence-electron chi connectivity index (χ0n) is 15.5. The molecule has 5 nitrogen and oxygen atoms in total. The average molecular weight is 368 g/mol. The molecule has 0 atom stereocenters. The molecule has 28 heavy (non-hydrogen) atoms. The molecule has 0 aliphatic carbocycles. The third-order valence-electron chi connectivity index (χ3n) is 4.77. The molecule has 2 aromatic heterocycles. The van der Waals surface area contributed by atoms with Gasteiger partial charge < -0.3 is 4.57 Å². The van der Waals surface area contributed by atoms with Crippen LogP contribution in [0.15, 0.2) is 84.2 Å². The topological polar surface area (TPSA) is 59.3 Å². The monoisotopic (exact) mass is 368 g/mol. The number of hydrogen-bond acceptors (Lipinski definition) is 3. The number of aromatic nitrogens is 2. The summed E-state index contributed by atoms with van der Waals surface area (Å²) < 4.78 is 2.27. The SMILES string of the molecule is Cc1c(/C=N\NC(=O)c2ccncc2)c2ccccc2n1Cc1ccccc1. The number of para-hydroxylation sites is 1. The van der Waals surface area contributed by atoms with Gasteiger partial charge >= 0.3 is 0 Å². The summed E-state index contributed by atoms with van der Waals surface area (Å²) in [5.74, 6) is -0.260. The number of pyridine rings is 1. The second kappa shape index (κ2) is 7.88. The molecule has 4 aromatic rings. The van der Waals surface area contributed by atoms with Gasteiger partial charge in [0.15, 0.2) is 0 Å². The minimum absolute atomic E-state index is 0.260. The smallest absolute Gasteiger partial charge is 0.271 e. The Hall–Kier alpha value is -3.73. The summed E-state index contributed by atoms with van der Waals surface area (Å²) >= 11 is 0. The maximum atomic E-state index is 12.2. The molecule has 5 heteroatoms. The van der Waals surface area contributed by atoms with E-state index in [0.717, 1.165) is 28.7 Å². The van der Waals surface area contributed by atoms with Crippen LogP contribution < -0.4 is 5.43 Å². The number of nitrogens with one attached hydrogen (secondary N) is 1. The molecular formula is C23H20N4O. The van der Waals surface area contributed by atoms with Gasteiger partial charge in [-0.2, -0.15) is 5.10 Å². The third-order valence-corrected chi connectivity index (χ3v) is 4.77. The third kappa shape index (κ3) is 3.55. The first kappa shape index (κ1) is 17.7. The van der Waals surface area contributed by atoms with Gasteiger partial charge in [-0.15, -0.1) is 0 Å². The Labute approximate surface area is 163 Å². The largest absolute Gasteiger partial charge is 0.340 e. The zero-order valence-corrected chi connectivity index (χ0v) is 15.5. The summed E-state index contributed by atoms with van der Waals surface area (Å²) in [6, 6.07) is 21.9. The van der Waals surface area contributed by atoms with E-state index in [4.69, 9.17) is 0 Å². The molecule has 2 heterocycles. The number of carbonyl (C=O) groups excluding carboxylic acids is 1. The number of hydrogen-bond donors (Lipinski definition) is 1. The minimum Gasteiger partial charge on any atom is -0.340 e. The Kier molecular flexibility index (Phi) is 4.97. The Morgan fingerprint density at radius 1 is 1.04 bits per heavy atom. The summed E-state index contributed by atoms with van der Waals surface area (Å²) in [6.07, 6.45) is 4.89. The second-order valence-electron chi connectivity index (χ2n) is 6.52. The van der Waals surface area contributed by atoms with E-state index in [9.17, 15) is 4.79 Å². The summed E-state index contributed by atoms with van der Waals surface area (Å²) in [4.78, 5) is 16.1. The molecule has 138 valence electrons. The number of carbonyl (C=O) groups is 1. The fraction of sp³-hybridized carbons (Fsp3) is 0.0870. The molecule has 0 radical (unpaired) electrons. The molecule has 0 saturated carbocycles. The molecule has 4 rings (SSSR count). The molecule has 2 aromatic carbocycles. The fourth-order valence-corrected chi connectivity index (χ4v) is 3.31. The van der Waals surface area contributed by atoms with Gasteiger partial charge in [-0.05, 0) is 30.7 Å². The number of amides is 1. The van der Waals surface area contributed by atoms with E-state index in [-0.39, 0.29) is 5.91 Å². The van der Waals surface area contributed by atoms with E-state index < -0.39 is 0 Å². The highest BCUT2D eigenvalue weighted by Crippen LogP contribution is 2.25. The van der Waals surface area contributed by atoms with Crippen LogP contribution in [-0.4, -0.2) is 21.7 Å². The van der Waals surface area contributed by atoms with Gasteiger partial charge in [0, 0.05) is 46.7 Å². The van der Waals surface area contributed by atoms with E-state index in [1.807, 2.05) is 30.3 Å². The zero-order chi connectivity index (χ0) is 19.3. The number of fused-ring (bicyclic) bond motifs is 1. The van der Waals surface area contributed by atoms with E-state index in [1.54, 1.807) is 30.7 Å². The number of rotatable bonds is 5. The van der Waals surface area contributed by atoms with Crippen LogP contribution in [0.3, 0.4) is 0 Å². The van der Waals surface area contributed by atoms with Crippen molar-refractivity contribution in [3.8, 4) is 0 Å². The van der Waals surface area contributed by atoms with Crippen LogP contribution in [0.2, 0.25) is 0 Å². The minimum atomic E-state index is -0.260. The molecule has 0 fully saturated rings. The standard InChI is InChI=1S/C23H20N4O/c1-17-21(15-25-26-23(28)19-11-13-24-14-12-19)20-9-5-6-10-22(20)27(17)16-18-7-3-2-4-8-18/h2-15H,16H2,1H3,(H,26,28)/b25-15-. The van der Waals surface area contributed by atoms with Crippen LogP contribution in [0.4, 0.5) is 0 Å². The molecule has 1 amide bonds. The van der Waals surface area contributed by atoms with Crippen molar-refractivity contribution in [1.29, 1.82) is 0 Å². The van der Waals surface area contributed by atoms with E-state index >= 15 is 0 Å². The maximum Gasteiger partial charge on any atom is 0.271 e. The van der Waals surface area contributed by atoms with Gasteiger partial charge in [-0.3, -0.25) is 9.78 Å². The Balaban J connectivity index is 1.64. The Morgan fingerprint density at radius 3 is 2.54 bits per heavy atom. The normalized spacial score (nSPS) is 11.2. The van der Waals surface area contributed by atoms with E-state index in [1.165, 1.54) is 5.56 Å². The molecule has 0 aliphatic rings. The van der Waals surface area contributed by atoms with Crippen molar-refractivity contribution in [1.82, 2.24) is 15.0 Å². The van der Waals surface area contributed by atoms with Crippen molar-refractivity contribution in [3.05, 3.63) is 102 Å². The molecule has 0 spiro atoms. The number of nitrogens with zero attached hydrogens (tertiary/aromatic N) is 3. The van der Waals surface area contributed by atoms with Crippen LogP contribution in [0.25, 0.3) is 10.9 Å². The van der Waals surface area contributed by atoms with Crippen molar-refractivity contribution in [2.45, 2.75) is 13.5 Å². The molecular weight excluding hydrogens is 348 g/mol. The summed E-state index contributed by atoms with van der Waals surface area (Å²) in [7, 11) is 0. The lowest BCUT2D eigenvalue weighted by Gasteiger charge is -2.08. The van der Waals surface area contributed by atoms with Gasteiger partial charge in [0.25, 0.3) is 5.91 Å². The predicted molar refractivity (Wildman–Crippen MR) is 112 cm³/mol. The van der Waals surface area contributed by atoms with Crippen molar-refractivity contribution >= 4 is 23.0 Å². The first-order valence-corrected chi connectivity index (χ1v) is 9.09. The number of hydrazone groups is 1. The predicted octanol–water partition coefficient (Wildman–Crippen LogP) is 4.16. The first-order valence-electron chi connectivity index (χ1n) is 9.09. The van der Waals surface area contributed by atoms with Gasteiger partial charge in [0.1, 0.15) is 0 Å². The second-order valence-corrected chi connectivity index (χ2v) is 6.52. The molecule has 0 aliphatic heterocycles. The first-order chi connectivity index (χ1) is 13.7. The van der Waals surface area contributed by atoms with Crippen molar-refractivity contribution in [2.75, 3.05) is 0 Å². The highest BCUT2D eigenvalue weighted by Gasteiger charge is 2.13. The lowest BCUT2D eigenvalue weighted by atomic mass is 10.1. The average Bonchev–Trinajstić information content (AvgIpc) is 3.01. The van der Waals surface area contributed by atoms with Crippen LogP contribution in [0.1, 0.15) is 27.2 Å². The quantitative estimate of drug-likeness (QED) is 0.425. The lowest BCUT2D eigenvalue weighted by molar-refractivity contribution is 0.0955. The van der Waals surface area contributed by atoms with Crippen molar-refractivity contribution in [2.24, 2.45) is 5.10 Å². The highest BCUT2D eigenvalue weighted by atomic mass is 16.2. The van der Waals surface area contributed by atoms with Crippen LogP contribution >= 0.6 is 0 Å². The summed E-state index contributed by atoms with van der Waals surface area (Å²) in [5.41, 5.74) is 7.60. The highest BCUT2D eigenvalue weighted by molar-refractivity contribution is 6.02. The van der Waals surface area contributed by atoms with Gasteiger partial charge in [0.2, 0.25) is 0 Å². The van der Waals surface area contributed by atoms with Gasteiger partial charge in [-0.1, -0.05) is 48.5 Å². The summed E-state index contributed by atoms with van der Waals surface area (Å²) in [6.45, 7) is 2.86. The molecule has 0 unspecified atom stereocenters. The van der Waals surface area contributed by atoms with Crippen LogP contribution in [0.5, 0.6) is 0 Å².